The van der Waals surface area contributed by atoms with Crippen molar-refractivity contribution in [3.63, 3.8) is 0 Å². The lowest BCUT2D eigenvalue weighted by molar-refractivity contribution is -0.152. The van der Waals surface area contributed by atoms with Crippen molar-refractivity contribution < 1.29 is 14.3 Å². The van der Waals surface area contributed by atoms with Gasteiger partial charge in [0.25, 0.3) is 0 Å². The maximum Gasteiger partial charge on any atom is 0.161 e. The van der Waals surface area contributed by atoms with E-state index in [0.717, 1.165) is 6.42 Å². The largest absolute Gasteiger partial charge is 0.353 e. The van der Waals surface area contributed by atoms with E-state index in [1.165, 1.54) is 0 Å². The van der Waals surface area contributed by atoms with E-state index in [4.69, 9.17) is 9.47 Å². The highest BCUT2D eigenvalue weighted by atomic mass is 16.7. The number of rotatable bonds is 6. The molecule has 13 heavy (non-hydrogen) atoms. The van der Waals surface area contributed by atoms with E-state index < -0.39 is 0 Å². The number of Topliss-reactive ketones (excluding diaryl/α,β-unsaturated/α-hetero) is 1. The zero-order valence-electron chi connectivity index (χ0n) is 8.58. The Labute approximate surface area is 79.4 Å². The number of hydrogen-bond donors (Lipinski definition) is 0. The van der Waals surface area contributed by atoms with Gasteiger partial charge < -0.3 is 9.47 Å². The molecule has 0 aromatic carbocycles. The molecule has 0 aliphatic heterocycles. The average molecular weight is 186 g/mol. The van der Waals surface area contributed by atoms with Crippen LogP contribution in [0.1, 0.15) is 27.2 Å². The van der Waals surface area contributed by atoms with Gasteiger partial charge in [0.05, 0.1) is 0 Å². The first-order chi connectivity index (χ1) is 6.20. The third kappa shape index (κ3) is 2.78. The van der Waals surface area contributed by atoms with Crippen molar-refractivity contribution in [1.82, 2.24) is 0 Å². The molecule has 1 saturated carbocycles. The van der Waals surface area contributed by atoms with Crippen molar-refractivity contribution in [2.45, 2.75) is 33.5 Å². The Bertz CT molecular complexity index is 173. The Morgan fingerprint density at radius 1 is 1.38 bits per heavy atom. The molecular weight excluding hydrogens is 168 g/mol. The van der Waals surface area contributed by atoms with Crippen LogP contribution in [-0.4, -0.2) is 25.3 Å². The van der Waals surface area contributed by atoms with Gasteiger partial charge >= 0.3 is 0 Å². The van der Waals surface area contributed by atoms with E-state index in [0.29, 0.717) is 19.1 Å². The van der Waals surface area contributed by atoms with Gasteiger partial charge in [0.15, 0.2) is 6.29 Å². The third-order valence-corrected chi connectivity index (χ3v) is 2.37. The van der Waals surface area contributed by atoms with Gasteiger partial charge in [0.2, 0.25) is 0 Å². The topological polar surface area (TPSA) is 35.5 Å². The second kappa shape index (κ2) is 4.72. The quantitative estimate of drug-likeness (QED) is 0.591. The maximum absolute atomic E-state index is 11.0. The van der Waals surface area contributed by atoms with Crippen molar-refractivity contribution in [2.75, 3.05) is 13.2 Å². The Hall–Kier alpha value is -0.410. The van der Waals surface area contributed by atoms with Crippen LogP contribution in [0.5, 0.6) is 0 Å². The summed E-state index contributed by atoms with van der Waals surface area (Å²) in [5.74, 6) is 0.745. The lowest BCUT2D eigenvalue weighted by Crippen LogP contribution is -2.21. The number of carbonyl (C=O) groups is 1. The molecule has 0 aromatic rings. The van der Waals surface area contributed by atoms with Crippen LogP contribution in [-0.2, 0) is 14.3 Å². The Kier molecular flexibility index (Phi) is 3.88. The molecule has 0 amide bonds. The summed E-state index contributed by atoms with van der Waals surface area (Å²) in [6.45, 7) is 6.81. The monoisotopic (exact) mass is 186 g/mol. The predicted octanol–water partition coefficient (Wildman–Crippen LogP) is 1.61. The first-order valence-electron chi connectivity index (χ1n) is 4.94. The maximum atomic E-state index is 11.0. The smallest absolute Gasteiger partial charge is 0.161 e. The van der Waals surface area contributed by atoms with E-state index in [-0.39, 0.29) is 18.0 Å². The van der Waals surface area contributed by atoms with Gasteiger partial charge in [-0.25, -0.2) is 0 Å². The average Bonchev–Trinajstić information content (AvgIpc) is 2.82. The molecule has 0 radical (unpaired) electrons. The van der Waals surface area contributed by atoms with Gasteiger partial charge in [0, 0.05) is 25.0 Å². The number of ether oxygens (including phenoxy) is 2. The van der Waals surface area contributed by atoms with Crippen molar-refractivity contribution in [3.8, 4) is 0 Å². The van der Waals surface area contributed by atoms with Crippen molar-refractivity contribution >= 4 is 5.78 Å². The van der Waals surface area contributed by atoms with E-state index in [9.17, 15) is 4.79 Å². The molecule has 3 heteroatoms. The SMILES string of the molecule is CCOC(OCC)[C@@H]1C[C@H]1C(C)=O. The fourth-order valence-electron chi connectivity index (χ4n) is 1.61. The van der Waals surface area contributed by atoms with Gasteiger partial charge in [-0.1, -0.05) is 0 Å². The van der Waals surface area contributed by atoms with Crippen LogP contribution in [0.3, 0.4) is 0 Å². The van der Waals surface area contributed by atoms with Gasteiger partial charge in [0.1, 0.15) is 5.78 Å². The van der Waals surface area contributed by atoms with Crippen molar-refractivity contribution in [1.29, 1.82) is 0 Å². The molecule has 0 aromatic heterocycles. The normalized spacial score (nSPS) is 26.5. The highest BCUT2D eigenvalue weighted by Crippen LogP contribution is 2.43. The van der Waals surface area contributed by atoms with Gasteiger partial charge in [-0.2, -0.15) is 0 Å². The lowest BCUT2D eigenvalue weighted by Gasteiger charge is -2.16. The number of ketones is 1. The van der Waals surface area contributed by atoms with E-state index >= 15 is 0 Å². The Morgan fingerprint density at radius 3 is 2.23 bits per heavy atom. The Morgan fingerprint density at radius 2 is 1.92 bits per heavy atom. The van der Waals surface area contributed by atoms with Crippen LogP contribution in [0.4, 0.5) is 0 Å². The summed E-state index contributed by atoms with van der Waals surface area (Å²) in [6.07, 6.45) is 0.767. The molecule has 0 N–H and O–H groups in total. The van der Waals surface area contributed by atoms with Crippen LogP contribution < -0.4 is 0 Å². The Balaban J connectivity index is 2.35. The van der Waals surface area contributed by atoms with E-state index in [2.05, 4.69) is 0 Å². The van der Waals surface area contributed by atoms with Crippen LogP contribution in [0.2, 0.25) is 0 Å². The molecule has 1 aliphatic rings. The summed E-state index contributed by atoms with van der Waals surface area (Å²) < 4.78 is 10.8. The molecule has 2 atom stereocenters. The highest BCUT2D eigenvalue weighted by molar-refractivity contribution is 5.81. The summed E-state index contributed by atoms with van der Waals surface area (Å²) in [6, 6.07) is 0. The van der Waals surface area contributed by atoms with Crippen molar-refractivity contribution in [3.05, 3.63) is 0 Å². The summed E-state index contributed by atoms with van der Waals surface area (Å²) in [7, 11) is 0. The lowest BCUT2D eigenvalue weighted by atomic mass is 10.2. The second-order valence-corrected chi connectivity index (χ2v) is 3.40. The van der Waals surface area contributed by atoms with Crippen molar-refractivity contribution in [2.24, 2.45) is 11.8 Å². The molecule has 1 fully saturated rings. The molecule has 0 heterocycles. The predicted molar refractivity (Wildman–Crippen MR) is 49.3 cm³/mol. The molecule has 1 rings (SSSR count). The minimum absolute atomic E-state index is 0.163. The molecule has 0 bridgehead atoms. The first kappa shape index (κ1) is 10.7. The molecule has 3 nitrogen and oxygen atoms in total. The van der Waals surface area contributed by atoms with Crippen LogP contribution in [0, 0.1) is 11.8 Å². The summed E-state index contributed by atoms with van der Waals surface area (Å²) in [5.41, 5.74) is 0. The first-order valence-corrected chi connectivity index (χ1v) is 4.94. The number of hydrogen-bond acceptors (Lipinski definition) is 3. The molecule has 0 spiro atoms. The molecule has 76 valence electrons. The van der Waals surface area contributed by atoms with Crippen LogP contribution >= 0.6 is 0 Å². The van der Waals surface area contributed by atoms with E-state index in [1.54, 1.807) is 6.92 Å². The minimum atomic E-state index is -0.163. The molecule has 0 unspecified atom stereocenters. The van der Waals surface area contributed by atoms with Crippen LogP contribution in [0.25, 0.3) is 0 Å². The highest BCUT2D eigenvalue weighted by Gasteiger charge is 2.47. The molecule has 1 aliphatic carbocycles. The van der Waals surface area contributed by atoms with E-state index in [1.807, 2.05) is 13.8 Å². The minimum Gasteiger partial charge on any atom is -0.353 e. The van der Waals surface area contributed by atoms with Gasteiger partial charge in [-0.15, -0.1) is 0 Å². The summed E-state index contributed by atoms with van der Waals surface area (Å²) in [5, 5.41) is 0. The third-order valence-electron chi connectivity index (χ3n) is 2.37. The molecule has 0 saturated heterocycles. The van der Waals surface area contributed by atoms with Gasteiger partial charge in [-0.3, -0.25) is 4.79 Å². The summed E-state index contributed by atoms with van der Waals surface area (Å²) in [4.78, 5) is 11.0. The van der Waals surface area contributed by atoms with Gasteiger partial charge in [-0.05, 0) is 27.2 Å². The fourth-order valence-corrected chi connectivity index (χ4v) is 1.61. The summed E-state index contributed by atoms with van der Waals surface area (Å²) >= 11 is 0. The zero-order valence-corrected chi connectivity index (χ0v) is 8.58. The second-order valence-electron chi connectivity index (χ2n) is 3.40. The molecular formula is C10H18O3. The zero-order chi connectivity index (χ0) is 9.84. The van der Waals surface area contributed by atoms with Crippen LogP contribution in [0.15, 0.2) is 0 Å². The number of carbonyl (C=O) groups excluding carboxylic acids is 1. The standard InChI is InChI=1S/C10H18O3/c1-4-12-10(13-5-2)9-6-8(9)7(3)11/h8-10H,4-6H2,1-3H3/t8-,9+/m0/s1. The fraction of sp³-hybridized carbons (Fsp3) is 0.900.